The first kappa shape index (κ1) is 14.0. The summed E-state index contributed by atoms with van der Waals surface area (Å²) in [6.45, 7) is 0.538. The van der Waals surface area contributed by atoms with E-state index in [1.54, 1.807) is 0 Å². The van der Waals surface area contributed by atoms with Gasteiger partial charge in [-0.25, -0.2) is 0 Å². The second-order valence-electron chi connectivity index (χ2n) is 4.96. The number of hydrogen-bond acceptors (Lipinski definition) is 1. The standard InChI is InChI=1S/C21H16O/c1-2-18-12-6-7-13-19(18)20-14-8-9-15-21(20)22-16-17-10-4-3-5-11-17/h1,3-15H,16H2. The first-order valence-electron chi connectivity index (χ1n) is 7.20. The third-order valence-corrected chi connectivity index (χ3v) is 3.50. The van der Waals surface area contributed by atoms with Crippen molar-refractivity contribution in [3.8, 4) is 29.2 Å². The first-order valence-corrected chi connectivity index (χ1v) is 7.20. The third-order valence-electron chi connectivity index (χ3n) is 3.50. The molecule has 0 aromatic heterocycles. The molecule has 0 aliphatic carbocycles. The minimum atomic E-state index is 0.538. The molecule has 0 radical (unpaired) electrons. The molecule has 1 nitrogen and oxygen atoms in total. The van der Waals surface area contributed by atoms with Gasteiger partial charge in [0.25, 0.3) is 0 Å². The van der Waals surface area contributed by atoms with Crippen LogP contribution < -0.4 is 4.74 Å². The highest BCUT2D eigenvalue weighted by molar-refractivity contribution is 5.75. The Bertz CT molecular complexity index is 797. The molecule has 22 heavy (non-hydrogen) atoms. The van der Waals surface area contributed by atoms with Gasteiger partial charge in [0.05, 0.1) is 0 Å². The fraction of sp³-hybridized carbons (Fsp3) is 0.0476. The molecule has 0 bridgehead atoms. The molecular formula is C21H16O. The van der Waals surface area contributed by atoms with Crippen molar-refractivity contribution in [1.29, 1.82) is 0 Å². The van der Waals surface area contributed by atoms with Crippen LogP contribution in [0.25, 0.3) is 11.1 Å². The molecule has 106 valence electrons. The maximum atomic E-state index is 6.01. The van der Waals surface area contributed by atoms with Crippen LogP contribution in [0.2, 0.25) is 0 Å². The number of rotatable bonds is 4. The SMILES string of the molecule is C#Cc1ccccc1-c1ccccc1OCc1ccccc1. The van der Waals surface area contributed by atoms with Gasteiger partial charge < -0.3 is 4.74 Å². The van der Waals surface area contributed by atoms with Crippen molar-refractivity contribution in [2.24, 2.45) is 0 Å². The molecule has 0 unspecified atom stereocenters. The molecule has 3 rings (SSSR count). The predicted molar refractivity (Wildman–Crippen MR) is 90.6 cm³/mol. The van der Waals surface area contributed by atoms with Crippen LogP contribution in [-0.4, -0.2) is 0 Å². The van der Waals surface area contributed by atoms with Crippen LogP contribution in [0, 0.1) is 12.3 Å². The monoisotopic (exact) mass is 284 g/mol. The summed E-state index contributed by atoms with van der Waals surface area (Å²) in [5, 5.41) is 0. The lowest BCUT2D eigenvalue weighted by atomic mass is 9.99. The van der Waals surface area contributed by atoms with Gasteiger partial charge in [-0.3, -0.25) is 0 Å². The van der Waals surface area contributed by atoms with Gasteiger partial charge >= 0.3 is 0 Å². The highest BCUT2D eigenvalue weighted by atomic mass is 16.5. The summed E-state index contributed by atoms with van der Waals surface area (Å²) in [6.07, 6.45) is 5.61. The number of benzene rings is 3. The lowest BCUT2D eigenvalue weighted by Gasteiger charge is -2.13. The minimum Gasteiger partial charge on any atom is -0.488 e. The van der Waals surface area contributed by atoms with Crippen LogP contribution in [0.15, 0.2) is 78.9 Å². The van der Waals surface area contributed by atoms with Crippen molar-refractivity contribution >= 4 is 0 Å². The summed E-state index contributed by atoms with van der Waals surface area (Å²) < 4.78 is 6.01. The quantitative estimate of drug-likeness (QED) is 0.618. The van der Waals surface area contributed by atoms with Gasteiger partial charge in [-0.15, -0.1) is 6.42 Å². The Balaban J connectivity index is 1.92. The largest absolute Gasteiger partial charge is 0.488 e. The molecule has 0 amide bonds. The van der Waals surface area contributed by atoms with Gasteiger partial charge in [-0.2, -0.15) is 0 Å². The van der Waals surface area contributed by atoms with Gasteiger partial charge in [0, 0.05) is 16.7 Å². The lowest BCUT2D eigenvalue weighted by Crippen LogP contribution is -1.97. The normalized spacial score (nSPS) is 9.95. The molecule has 0 atom stereocenters. The van der Waals surface area contributed by atoms with E-state index in [1.807, 2.05) is 66.7 Å². The molecular weight excluding hydrogens is 268 g/mol. The molecule has 0 saturated heterocycles. The Morgan fingerprint density at radius 1 is 0.727 bits per heavy atom. The van der Waals surface area contributed by atoms with Crippen molar-refractivity contribution in [3.63, 3.8) is 0 Å². The van der Waals surface area contributed by atoms with Crippen molar-refractivity contribution in [3.05, 3.63) is 90.0 Å². The predicted octanol–water partition coefficient (Wildman–Crippen LogP) is 4.91. The Labute approximate surface area is 131 Å². The molecule has 3 aromatic rings. The van der Waals surface area contributed by atoms with Crippen molar-refractivity contribution in [2.45, 2.75) is 6.61 Å². The molecule has 0 heterocycles. The maximum Gasteiger partial charge on any atom is 0.127 e. The van der Waals surface area contributed by atoms with E-state index in [0.29, 0.717) is 6.61 Å². The molecule has 0 fully saturated rings. The van der Waals surface area contributed by atoms with Crippen LogP contribution in [0.3, 0.4) is 0 Å². The van der Waals surface area contributed by atoms with E-state index >= 15 is 0 Å². The Kier molecular flexibility index (Phi) is 4.22. The first-order chi connectivity index (χ1) is 10.9. The lowest BCUT2D eigenvalue weighted by molar-refractivity contribution is 0.307. The number of ether oxygens (including phenoxy) is 1. The van der Waals surface area contributed by atoms with Crippen molar-refractivity contribution in [1.82, 2.24) is 0 Å². The Morgan fingerprint density at radius 2 is 1.36 bits per heavy atom. The van der Waals surface area contributed by atoms with Crippen LogP contribution in [0.1, 0.15) is 11.1 Å². The third kappa shape index (κ3) is 3.02. The number of hydrogen-bond donors (Lipinski definition) is 0. The second kappa shape index (κ2) is 6.65. The van der Waals surface area contributed by atoms with E-state index in [4.69, 9.17) is 11.2 Å². The summed E-state index contributed by atoms with van der Waals surface area (Å²) in [7, 11) is 0. The van der Waals surface area contributed by atoms with E-state index in [-0.39, 0.29) is 0 Å². The van der Waals surface area contributed by atoms with Gasteiger partial charge in [-0.05, 0) is 17.7 Å². The highest BCUT2D eigenvalue weighted by Gasteiger charge is 2.09. The Morgan fingerprint density at radius 3 is 2.14 bits per heavy atom. The smallest absolute Gasteiger partial charge is 0.127 e. The van der Waals surface area contributed by atoms with E-state index in [2.05, 4.69) is 18.1 Å². The molecule has 0 saturated carbocycles. The van der Waals surface area contributed by atoms with Gasteiger partial charge in [0.1, 0.15) is 12.4 Å². The molecule has 1 heteroatoms. The van der Waals surface area contributed by atoms with E-state index in [1.165, 1.54) is 0 Å². The van der Waals surface area contributed by atoms with Crippen LogP contribution in [0.5, 0.6) is 5.75 Å². The molecule has 0 aliphatic heterocycles. The van der Waals surface area contributed by atoms with Crippen LogP contribution in [0.4, 0.5) is 0 Å². The summed E-state index contributed by atoms with van der Waals surface area (Å²) in [4.78, 5) is 0. The maximum absolute atomic E-state index is 6.01. The summed E-state index contributed by atoms with van der Waals surface area (Å²) >= 11 is 0. The zero-order valence-corrected chi connectivity index (χ0v) is 12.2. The molecule has 0 aliphatic rings. The van der Waals surface area contributed by atoms with Crippen molar-refractivity contribution in [2.75, 3.05) is 0 Å². The number of para-hydroxylation sites is 1. The molecule has 3 aromatic carbocycles. The zero-order chi connectivity index (χ0) is 15.2. The fourth-order valence-corrected chi connectivity index (χ4v) is 2.39. The van der Waals surface area contributed by atoms with Crippen LogP contribution in [-0.2, 0) is 6.61 Å². The van der Waals surface area contributed by atoms with Gasteiger partial charge in [-0.1, -0.05) is 72.7 Å². The molecule has 0 N–H and O–H groups in total. The number of terminal acetylenes is 1. The van der Waals surface area contributed by atoms with E-state index in [9.17, 15) is 0 Å². The van der Waals surface area contributed by atoms with E-state index in [0.717, 1.165) is 28.0 Å². The highest BCUT2D eigenvalue weighted by Crippen LogP contribution is 2.32. The average molecular weight is 284 g/mol. The van der Waals surface area contributed by atoms with Gasteiger partial charge in [0.15, 0.2) is 0 Å². The summed E-state index contributed by atoms with van der Waals surface area (Å²) in [5.41, 5.74) is 4.06. The van der Waals surface area contributed by atoms with Gasteiger partial charge in [0.2, 0.25) is 0 Å². The minimum absolute atomic E-state index is 0.538. The summed E-state index contributed by atoms with van der Waals surface area (Å²) in [5.74, 6) is 3.58. The van der Waals surface area contributed by atoms with Crippen molar-refractivity contribution < 1.29 is 4.74 Å². The fourth-order valence-electron chi connectivity index (χ4n) is 2.39. The average Bonchev–Trinajstić information content (AvgIpc) is 2.61. The van der Waals surface area contributed by atoms with Crippen LogP contribution >= 0.6 is 0 Å². The topological polar surface area (TPSA) is 9.23 Å². The second-order valence-corrected chi connectivity index (χ2v) is 4.96. The molecule has 0 spiro atoms. The summed E-state index contributed by atoms with van der Waals surface area (Å²) in [6, 6.07) is 26.0. The zero-order valence-electron chi connectivity index (χ0n) is 12.2. The Hall–Kier alpha value is -2.98. The van der Waals surface area contributed by atoms with E-state index < -0.39 is 0 Å².